The molecule has 0 bridgehead atoms. The summed E-state index contributed by atoms with van der Waals surface area (Å²) in [5, 5.41) is 0. The highest BCUT2D eigenvalue weighted by Gasteiger charge is 2.47. The molecule has 0 fully saturated rings. The second-order valence-electron chi connectivity index (χ2n) is 17.6. The summed E-state index contributed by atoms with van der Waals surface area (Å²) < 4.78 is 7.12. The Kier molecular flexibility index (Phi) is 8.40. The summed E-state index contributed by atoms with van der Waals surface area (Å²) >= 11 is 0. The molecule has 4 aliphatic heterocycles. The van der Waals surface area contributed by atoms with Crippen molar-refractivity contribution in [2.24, 2.45) is 0 Å². The molecule has 0 radical (unpaired) electrons. The van der Waals surface area contributed by atoms with E-state index in [1.807, 2.05) is 0 Å². The number of fused-ring (bicyclic) bond motifs is 8. The Morgan fingerprint density at radius 3 is 1.31 bits per heavy atom. The van der Waals surface area contributed by atoms with Crippen LogP contribution in [0.15, 0.2) is 243 Å². The molecule has 0 unspecified atom stereocenters. The van der Waals surface area contributed by atoms with Crippen LogP contribution in [0.2, 0.25) is 0 Å². The van der Waals surface area contributed by atoms with Crippen LogP contribution in [-0.4, -0.2) is 13.4 Å². The summed E-state index contributed by atoms with van der Waals surface area (Å²) in [6.45, 7) is -0.135. The van der Waals surface area contributed by atoms with E-state index < -0.39 is 0 Å². The van der Waals surface area contributed by atoms with E-state index in [4.69, 9.17) is 4.74 Å². The highest BCUT2D eigenvalue weighted by atomic mass is 16.5. The Labute approximate surface area is 391 Å². The van der Waals surface area contributed by atoms with Crippen LogP contribution in [0.3, 0.4) is 0 Å². The predicted octanol–water partition coefficient (Wildman–Crippen LogP) is 11.6. The topological polar surface area (TPSA) is 22.2 Å². The molecule has 0 aliphatic carbocycles. The van der Waals surface area contributed by atoms with Crippen LogP contribution in [0.25, 0.3) is 0 Å². The van der Waals surface area contributed by atoms with Crippen molar-refractivity contribution in [3.63, 3.8) is 0 Å². The molecule has 10 aromatic rings. The number of para-hydroxylation sites is 7. The van der Waals surface area contributed by atoms with Gasteiger partial charge < -0.3 is 24.3 Å². The molecule has 0 spiro atoms. The van der Waals surface area contributed by atoms with Crippen LogP contribution >= 0.6 is 0 Å². The van der Waals surface area contributed by atoms with Gasteiger partial charge in [-0.3, -0.25) is 0 Å². The Morgan fingerprint density at radius 1 is 0.284 bits per heavy atom. The zero-order valence-corrected chi connectivity index (χ0v) is 36.4. The highest BCUT2D eigenvalue weighted by molar-refractivity contribution is 7.02. The molecule has 0 saturated carbocycles. The molecule has 312 valence electrons. The van der Waals surface area contributed by atoms with Crippen molar-refractivity contribution >= 4 is 114 Å². The maximum Gasteiger partial charge on any atom is 0.256 e. The molecule has 0 N–H and O–H groups in total. The third kappa shape index (κ3) is 5.71. The van der Waals surface area contributed by atoms with Crippen molar-refractivity contribution in [2.75, 3.05) is 19.6 Å². The largest absolute Gasteiger partial charge is 0.458 e. The van der Waals surface area contributed by atoms with E-state index in [2.05, 4.69) is 262 Å². The van der Waals surface area contributed by atoms with Gasteiger partial charge in [0.1, 0.15) is 11.5 Å². The zero-order chi connectivity index (χ0) is 44.0. The van der Waals surface area contributed by atoms with Gasteiger partial charge in [-0.1, -0.05) is 140 Å². The SMILES string of the molecule is c1ccc(N(c2ccccc2)c2cc3c4c(c2)N(c2ccccc2)c2cc5c(cc2B4c2ccccc2O3)B2c3ccccc3N(c3ccccc3)c3cccc(c32)N5c2ccccc2)cc1. The lowest BCUT2D eigenvalue weighted by molar-refractivity contribution is 0.487. The summed E-state index contributed by atoms with van der Waals surface area (Å²) in [6.07, 6.45) is 0. The van der Waals surface area contributed by atoms with Crippen LogP contribution in [0.1, 0.15) is 0 Å². The first-order chi connectivity index (χ1) is 33.3. The third-order valence-corrected chi connectivity index (χ3v) is 14.0. The molecule has 0 atom stereocenters. The molecule has 0 saturated heterocycles. The normalized spacial score (nSPS) is 13.3. The van der Waals surface area contributed by atoms with E-state index in [-0.39, 0.29) is 13.4 Å². The summed E-state index contributed by atoms with van der Waals surface area (Å²) in [6, 6.07) is 88.1. The fraction of sp³-hybridized carbons (Fsp3) is 0. The second-order valence-corrected chi connectivity index (χ2v) is 17.6. The Hall–Kier alpha value is -8.67. The zero-order valence-electron chi connectivity index (χ0n) is 36.4. The van der Waals surface area contributed by atoms with Gasteiger partial charge in [0.25, 0.3) is 13.4 Å². The van der Waals surface area contributed by atoms with Gasteiger partial charge in [0.2, 0.25) is 0 Å². The minimum Gasteiger partial charge on any atom is -0.458 e. The standard InChI is InChI=1S/C60H40B2N4O/c1-6-21-41(22-7-1)63(42-23-8-2-9-24-42)46-37-56-60-58(38-46)67-57-36-19-17-32-48(57)62(60)50-39-49-54(40-55(50)66(56)45-29-14-5-15-30-45)65(44-27-12-4-13-28-44)53-35-20-34-52-59(53)61(49)47-31-16-18-33-51(47)64(52)43-25-10-3-11-26-43/h1-40H. The van der Waals surface area contributed by atoms with Crippen molar-refractivity contribution in [3.8, 4) is 11.5 Å². The van der Waals surface area contributed by atoms with Crippen LogP contribution in [0.4, 0.5) is 68.2 Å². The summed E-state index contributed by atoms with van der Waals surface area (Å²) in [5.41, 5.74) is 20.9. The quantitative estimate of drug-likeness (QED) is 0.155. The third-order valence-electron chi connectivity index (χ3n) is 14.0. The number of rotatable bonds is 6. The Balaban J connectivity index is 1.08. The minimum atomic E-state index is -0.104. The number of hydrogen-bond acceptors (Lipinski definition) is 5. The maximum absolute atomic E-state index is 7.12. The molecule has 10 aromatic carbocycles. The molecular formula is C60H40B2N4O. The van der Waals surface area contributed by atoms with Crippen LogP contribution < -0.4 is 57.1 Å². The monoisotopic (exact) mass is 854 g/mol. The van der Waals surface area contributed by atoms with Gasteiger partial charge in [-0.25, -0.2) is 0 Å². The smallest absolute Gasteiger partial charge is 0.256 e. The number of hydrogen-bond donors (Lipinski definition) is 0. The summed E-state index contributed by atoms with van der Waals surface area (Å²) in [4.78, 5) is 9.79. The van der Waals surface area contributed by atoms with Gasteiger partial charge in [0.05, 0.1) is 5.69 Å². The van der Waals surface area contributed by atoms with Gasteiger partial charge in [0, 0.05) is 68.6 Å². The fourth-order valence-corrected chi connectivity index (χ4v) is 11.4. The lowest BCUT2D eigenvalue weighted by Crippen LogP contribution is -2.64. The van der Waals surface area contributed by atoms with E-state index >= 15 is 0 Å². The number of anilines is 12. The van der Waals surface area contributed by atoms with Crippen molar-refractivity contribution in [1.29, 1.82) is 0 Å². The molecule has 0 amide bonds. The van der Waals surface area contributed by atoms with E-state index in [0.717, 1.165) is 67.9 Å². The molecule has 7 heteroatoms. The van der Waals surface area contributed by atoms with E-state index in [9.17, 15) is 0 Å². The van der Waals surface area contributed by atoms with Gasteiger partial charge in [-0.05, 0) is 130 Å². The van der Waals surface area contributed by atoms with Crippen molar-refractivity contribution in [1.82, 2.24) is 0 Å². The van der Waals surface area contributed by atoms with E-state index in [1.54, 1.807) is 0 Å². The number of ether oxygens (including phenoxy) is 1. The van der Waals surface area contributed by atoms with Crippen LogP contribution in [-0.2, 0) is 0 Å². The molecule has 14 rings (SSSR count). The van der Waals surface area contributed by atoms with Gasteiger partial charge in [-0.15, -0.1) is 0 Å². The predicted molar refractivity (Wildman–Crippen MR) is 281 cm³/mol. The van der Waals surface area contributed by atoms with Crippen LogP contribution in [0.5, 0.6) is 11.5 Å². The first-order valence-electron chi connectivity index (χ1n) is 23.1. The van der Waals surface area contributed by atoms with E-state index in [1.165, 1.54) is 44.6 Å². The lowest BCUT2D eigenvalue weighted by Gasteiger charge is -2.46. The minimum absolute atomic E-state index is 0.0311. The molecule has 0 aromatic heterocycles. The maximum atomic E-state index is 7.12. The lowest BCUT2D eigenvalue weighted by atomic mass is 9.30. The molecule has 4 heterocycles. The summed E-state index contributed by atoms with van der Waals surface area (Å²) in [7, 11) is 0. The van der Waals surface area contributed by atoms with Crippen molar-refractivity contribution in [3.05, 3.63) is 243 Å². The molecule has 67 heavy (non-hydrogen) atoms. The summed E-state index contributed by atoms with van der Waals surface area (Å²) in [5.74, 6) is 1.74. The number of benzene rings is 10. The van der Waals surface area contributed by atoms with Gasteiger partial charge in [-0.2, -0.15) is 0 Å². The van der Waals surface area contributed by atoms with E-state index in [0.29, 0.717) is 0 Å². The second kappa shape index (κ2) is 14.9. The highest BCUT2D eigenvalue weighted by Crippen LogP contribution is 2.49. The fourth-order valence-electron chi connectivity index (χ4n) is 11.4. The average molecular weight is 855 g/mol. The van der Waals surface area contributed by atoms with Crippen molar-refractivity contribution < 1.29 is 4.74 Å². The molecular weight excluding hydrogens is 814 g/mol. The van der Waals surface area contributed by atoms with Crippen LogP contribution in [0, 0.1) is 0 Å². The van der Waals surface area contributed by atoms with Crippen molar-refractivity contribution in [2.45, 2.75) is 0 Å². The first-order valence-corrected chi connectivity index (χ1v) is 23.1. The molecule has 4 aliphatic rings. The first kappa shape index (κ1) is 37.7. The molecule has 5 nitrogen and oxygen atoms in total. The number of nitrogens with zero attached hydrogens (tertiary/aromatic N) is 4. The van der Waals surface area contributed by atoms with Gasteiger partial charge >= 0.3 is 0 Å². The Bertz CT molecular complexity index is 3500. The Morgan fingerprint density at radius 2 is 0.731 bits per heavy atom. The average Bonchev–Trinajstić information content (AvgIpc) is 3.39. The van der Waals surface area contributed by atoms with Gasteiger partial charge in [0.15, 0.2) is 0 Å².